The molecule has 2 nitrogen and oxygen atoms in total. The van der Waals surface area contributed by atoms with Crippen LogP contribution in [-0.2, 0) is 6.18 Å². The van der Waals surface area contributed by atoms with Gasteiger partial charge in [0.15, 0.2) is 0 Å². The summed E-state index contributed by atoms with van der Waals surface area (Å²) in [6.45, 7) is 4.03. The first-order valence-electron chi connectivity index (χ1n) is 6.15. The summed E-state index contributed by atoms with van der Waals surface area (Å²) in [5.74, 6) is -1.25. The predicted molar refractivity (Wildman–Crippen MR) is 64.7 cm³/mol. The number of ether oxygens (including phenoxy) is 1. The van der Waals surface area contributed by atoms with Gasteiger partial charge in [-0.05, 0) is 44.1 Å². The Morgan fingerprint density at radius 3 is 2.58 bits per heavy atom. The lowest BCUT2D eigenvalue weighted by Gasteiger charge is -2.11. The van der Waals surface area contributed by atoms with Gasteiger partial charge >= 0.3 is 6.18 Å². The molecule has 19 heavy (non-hydrogen) atoms. The fraction of sp³-hybridized carbons (Fsp3) is 0.538. The maximum absolute atomic E-state index is 13.0. The van der Waals surface area contributed by atoms with Crippen molar-refractivity contribution in [3.8, 4) is 5.75 Å². The average Bonchev–Trinajstić information content (AvgIpc) is 2.34. The lowest BCUT2D eigenvalue weighted by molar-refractivity contribution is -0.140. The predicted octanol–water partition coefficient (Wildman–Crippen LogP) is 3.61. The van der Waals surface area contributed by atoms with E-state index in [9.17, 15) is 17.6 Å². The molecule has 0 fully saturated rings. The number of benzene rings is 1. The van der Waals surface area contributed by atoms with Gasteiger partial charge in [-0.15, -0.1) is 0 Å². The minimum atomic E-state index is -4.70. The van der Waals surface area contributed by atoms with Crippen LogP contribution in [0.1, 0.15) is 25.3 Å². The van der Waals surface area contributed by atoms with Gasteiger partial charge in [0.2, 0.25) is 0 Å². The maximum atomic E-state index is 13.0. The largest absolute Gasteiger partial charge is 0.494 e. The number of hydrogen-bond acceptors (Lipinski definition) is 2. The highest BCUT2D eigenvalue weighted by molar-refractivity contribution is 5.31. The van der Waals surface area contributed by atoms with Crippen LogP contribution in [0.4, 0.5) is 17.6 Å². The highest BCUT2D eigenvalue weighted by Gasteiger charge is 2.34. The first-order valence-corrected chi connectivity index (χ1v) is 6.15. The zero-order chi connectivity index (χ0) is 14.3. The van der Waals surface area contributed by atoms with Crippen LogP contribution in [-0.4, -0.2) is 19.7 Å². The Morgan fingerprint density at radius 1 is 1.21 bits per heavy atom. The molecule has 1 N–H and O–H groups in total. The van der Waals surface area contributed by atoms with Crippen molar-refractivity contribution in [2.24, 2.45) is 0 Å². The van der Waals surface area contributed by atoms with Crippen molar-refractivity contribution in [2.45, 2.75) is 25.9 Å². The molecular weight excluding hydrogens is 262 g/mol. The Kier molecular flexibility index (Phi) is 6.08. The Bertz CT molecular complexity index is 393. The molecule has 0 heterocycles. The standard InChI is InChI=1S/C13H17F4NO/c1-2-18-7-3-4-8-19-10-5-6-12(14)11(9-10)13(15,16)17/h5-6,9,18H,2-4,7-8H2,1H3. The quantitative estimate of drug-likeness (QED) is 0.608. The summed E-state index contributed by atoms with van der Waals surface area (Å²) in [7, 11) is 0. The summed E-state index contributed by atoms with van der Waals surface area (Å²) in [6.07, 6.45) is -3.10. The minimum absolute atomic E-state index is 0.0391. The molecular formula is C13H17F4NO. The second-order valence-corrected chi connectivity index (χ2v) is 4.05. The van der Waals surface area contributed by atoms with Crippen molar-refractivity contribution >= 4 is 0 Å². The van der Waals surface area contributed by atoms with Crippen molar-refractivity contribution in [1.82, 2.24) is 5.32 Å². The van der Waals surface area contributed by atoms with E-state index in [1.54, 1.807) is 0 Å². The smallest absolute Gasteiger partial charge is 0.419 e. The van der Waals surface area contributed by atoms with E-state index in [-0.39, 0.29) is 5.75 Å². The van der Waals surface area contributed by atoms with E-state index >= 15 is 0 Å². The third-order valence-electron chi connectivity index (χ3n) is 2.51. The molecule has 6 heteroatoms. The number of nitrogens with one attached hydrogen (secondary N) is 1. The van der Waals surface area contributed by atoms with Crippen LogP contribution in [0.25, 0.3) is 0 Å². The van der Waals surface area contributed by atoms with Gasteiger partial charge < -0.3 is 10.1 Å². The molecule has 1 aromatic rings. The molecule has 108 valence electrons. The van der Waals surface area contributed by atoms with E-state index in [0.29, 0.717) is 12.7 Å². The average molecular weight is 279 g/mol. The van der Waals surface area contributed by atoms with Crippen LogP contribution in [0.15, 0.2) is 18.2 Å². The molecule has 0 spiro atoms. The van der Waals surface area contributed by atoms with E-state index in [4.69, 9.17) is 4.74 Å². The molecule has 0 bridgehead atoms. The van der Waals surface area contributed by atoms with Gasteiger partial charge in [-0.2, -0.15) is 13.2 Å². The van der Waals surface area contributed by atoms with Gasteiger partial charge in [-0.25, -0.2) is 4.39 Å². The Labute approximate surface area is 109 Å². The number of halogens is 4. The lowest BCUT2D eigenvalue weighted by atomic mass is 10.2. The first kappa shape index (κ1) is 15.8. The first-order chi connectivity index (χ1) is 8.95. The zero-order valence-corrected chi connectivity index (χ0v) is 10.7. The van der Waals surface area contributed by atoms with E-state index < -0.39 is 17.6 Å². The maximum Gasteiger partial charge on any atom is 0.419 e. The molecule has 1 aromatic carbocycles. The van der Waals surface area contributed by atoms with Gasteiger partial charge in [0, 0.05) is 0 Å². The third kappa shape index (κ3) is 5.46. The summed E-state index contributed by atoms with van der Waals surface area (Å²) < 4.78 is 55.5. The summed E-state index contributed by atoms with van der Waals surface area (Å²) in [4.78, 5) is 0. The molecule has 0 saturated carbocycles. The molecule has 0 aliphatic carbocycles. The molecule has 0 aromatic heterocycles. The molecule has 0 saturated heterocycles. The van der Waals surface area contributed by atoms with Gasteiger partial charge in [0.1, 0.15) is 11.6 Å². The Hall–Kier alpha value is -1.30. The lowest BCUT2D eigenvalue weighted by Crippen LogP contribution is -2.14. The van der Waals surface area contributed by atoms with Crippen molar-refractivity contribution in [1.29, 1.82) is 0 Å². The fourth-order valence-electron chi connectivity index (χ4n) is 1.53. The van der Waals surface area contributed by atoms with Gasteiger partial charge in [0.05, 0.1) is 12.2 Å². The summed E-state index contributed by atoms with van der Waals surface area (Å²) in [5, 5.41) is 3.13. The molecule has 0 atom stereocenters. The highest BCUT2D eigenvalue weighted by Crippen LogP contribution is 2.33. The van der Waals surface area contributed by atoms with E-state index in [1.807, 2.05) is 6.92 Å². The normalized spacial score (nSPS) is 11.6. The minimum Gasteiger partial charge on any atom is -0.494 e. The third-order valence-corrected chi connectivity index (χ3v) is 2.51. The number of hydrogen-bond donors (Lipinski definition) is 1. The van der Waals surface area contributed by atoms with Crippen LogP contribution in [0.5, 0.6) is 5.75 Å². The van der Waals surface area contributed by atoms with E-state index in [1.165, 1.54) is 6.07 Å². The zero-order valence-electron chi connectivity index (χ0n) is 10.7. The summed E-state index contributed by atoms with van der Waals surface area (Å²) in [6, 6.07) is 2.67. The second kappa shape index (κ2) is 7.33. The van der Waals surface area contributed by atoms with E-state index in [2.05, 4.69) is 5.32 Å². The van der Waals surface area contributed by atoms with Crippen LogP contribution in [0.3, 0.4) is 0 Å². The van der Waals surface area contributed by atoms with Crippen molar-refractivity contribution in [3.05, 3.63) is 29.6 Å². The van der Waals surface area contributed by atoms with E-state index in [0.717, 1.165) is 32.0 Å². The Balaban J connectivity index is 2.47. The molecule has 1 rings (SSSR count). The van der Waals surface area contributed by atoms with Crippen molar-refractivity contribution in [3.63, 3.8) is 0 Å². The molecule has 0 aliphatic heterocycles. The van der Waals surface area contributed by atoms with Crippen LogP contribution < -0.4 is 10.1 Å². The summed E-state index contributed by atoms with van der Waals surface area (Å²) >= 11 is 0. The monoisotopic (exact) mass is 279 g/mol. The van der Waals surface area contributed by atoms with Crippen LogP contribution in [0, 0.1) is 5.82 Å². The molecule has 0 unspecified atom stereocenters. The second-order valence-electron chi connectivity index (χ2n) is 4.05. The van der Waals surface area contributed by atoms with Crippen LogP contribution in [0.2, 0.25) is 0 Å². The number of unbranched alkanes of at least 4 members (excludes halogenated alkanes) is 1. The fourth-order valence-corrected chi connectivity index (χ4v) is 1.53. The highest BCUT2D eigenvalue weighted by atomic mass is 19.4. The number of rotatable bonds is 7. The number of alkyl halides is 3. The van der Waals surface area contributed by atoms with Gasteiger partial charge in [-0.3, -0.25) is 0 Å². The SMILES string of the molecule is CCNCCCCOc1ccc(F)c(C(F)(F)F)c1. The Morgan fingerprint density at radius 2 is 1.95 bits per heavy atom. The topological polar surface area (TPSA) is 21.3 Å². The van der Waals surface area contributed by atoms with Gasteiger partial charge in [-0.1, -0.05) is 6.92 Å². The van der Waals surface area contributed by atoms with Crippen molar-refractivity contribution in [2.75, 3.05) is 19.7 Å². The van der Waals surface area contributed by atoms with Gasteiger partial charge in [0.25, 0.3) is 0 Å². The molecule has 0 aliphatic rings. The molecule has 0 amide bonds. The van der Waals surface area contributed by atoms with Crippen LogP contribution >= 0.6 is 0 Å². The summed E-state index contributed by atoms with van der Waals surface area (Å²) in [5.41, 5.74) is -1.29. The molecule has 0 radical (unpaired) electrons. The van der Waals surface area contributed by atoms with Crippen molar-refractivity contribution < 1.29 is 22.3 Å².